The van der Waals surface area contributed by atoms with E-state index in [1.165, 1.54) is 13.3 Å². The Morgan fingerprint density at radius 1 is 1.61 bits per heavy atom. The van der Waals surface area contributed by atoms with Gasteiger partial charge in [-0.2, -0.15) is 0 Å². The van der Waals surface area contributed by atoms with Gasteiger partial charge in [-0.3, -0.25) is 14.6 Å². The number of methoxy groups -OCH3 is 1. The van der Waals surface area contributed by atoms with Crippen LogP contribution in [0.5, 0.6) is 0 Å². The Morgan fingerprint density at radius 3 is 3.06 bits per heavy atom. The van der Waals surface area contributed by atoms with E-state index in [1.807, 2.05) is 4.90 Å². The number of nitrogens with zero attached hydrogens (tertiary/aromatic N) is 2. The van der Waals surface area contributed by atoms with E-state index in [0.29, 0.717) is 42.1 Å². The van der Waals surface area contributed by atoms with Crippen molar-refractivity contribution in [2.45, 2.75) is 6.42 Å². The summed E-state index contributed by atoms with van der Waals surface area (Å²) < 4.78 is 4.72. The minimum absolute atomic E-state index is 0.159. The van der Waals surface area contributed by atoms with E-state index in [2.05, 4.69) is 4.98 Å². The van der Waals surface area contributed by atoms with Gasteiger partial charge in [-0.15, -0.1) is 0 Å². The van der Waals surface area contributed by atoms with E-state index in [1.54, 1.807) is 6.20 Å². The first-order valence-electron chi connectivity index (χ1n) is 5.58. The molecule has 0 spiro atoms. The molecule has 0 aromatic carbocycles. The third-order valence-corrected chi connectivity index (χ3v) is 3.40. The molecule has 1 unspecified atom stereocenters. The molecule has 1 aliphatic rings. The van der Waals surface area contributed by atoms with Gasteiger partial charge in [0.15, 0.2) is 6.29 Å². The van der Waals surface area contributed by atoms with Crippen molar-refractivity contribution in [3.8, 4) is 0 Å². The number of carbonyl (C=O) groups is 2. The average Bonchev–Trinajstić information content (AvgIpc) is 2.87. The van der Waals surface area contributed by atoms with Gasteiger partial charge in [-0.25, -0.2) is 0 Å². The zero-order chi connectivity index (χ0) is 13.1. The summed E-state index contributed by atoms with van der Waals surface area (Å²) in [4.78, 5) is 28.4. The van der Waals surface area contributed by atoms with Crippen molar-refractivity contribution in [3.63, 3.8) is 0 Å². The fraction of sp³-hybridized carbons (Fsp3) is 0.417. The molecular formula is C12H13ClN2O3. The summed E-state index contributed by atoms with van der Waals surface area (Å²) in [7, 11) is 1.38. The van der Waals surface area contributed by atoms with Crippen molar-refractivity contribution in [1.82, 2.24) is 4.98 Å². The standard InChI is InChI=1S/C12H13ClN2O3/c1-18-12(17)8-2-3-15(6-8)11-5-14-4-10(13)9(11)7-16/h4-5,7-8H,2-3,6H2,1H3. The zero-order valence-electron chi connectivity index (χ0n) is 9.93. The number of aromatic nitrogens is 1. The molecule has 0 bridgehead atoms. The van der Waals surface area contributed by atoms with Crippen LogP contribution in [0.15, 0.2) is 12.4 Å². The summed E-state index contributed by atoms with van der Waals surface area (Å²) in [6.07, 6.45) is 4.44. The first-order chi connectivity index (χ1) is 8.67. The van der Waals surface area contributed by atoms with Crippen molar-refractivity contribution in [3.05, 3.63) is 23.0 Å². The molecule has 1 saturated heterocycles. The van der Waals surface area contributed by atoms with Crippen LogP contribution in [0.3, 0.4) is 0 Å². The Kier molecular flexibility index (Phi) is 3.81. The van der Waals surface area contributed by atoms with Crippen LogP contribution >= 0.6 is 11.6 Å². The number of ether oxygens (including phenoxy) is 1. The summed E-state index contributed by atoms with van der Waals surface area (Å²) in [5.74, 6) is -0.381. The van der Waals surface area contributed by atoms with Crippen molar-refractivity contribution >= 4 is 29.5 Å². The molecule has 0 N–H and O–H groups in total. The number of pyridine rings is 1. The van der Waals surface area contributed by atoms with Crippen molar-refractivity contribution in [2.24, 2.45) is 5.92 Å². The van der Waals surface area contributed by atoms with Crippen LogP contribution in [0, 0.1) is 5.92 Å². The van der Waals surface area contributed by atoms with E-state index in [4.69, 9.17) is 16.3 Å². The lowest BCUT2D eigenvalue weighted by atomic mass is 10.1. The monoisotopic (exact) mass is 268 g/mol. The molecule has 1 aromatic rings. The maximum atomic E-state index is 11.5. The van der Waals surface area contributed by atoms with E-state index in [9.17, 15) is 9.59 Å². The maximum absolute atomic E-state index is 11.5. The predicted molar refractivity (Wildman–Crippen MR) is 67.0 cm³/mol. The Bertz CT molecular complexity index is 478. The highest BCUT2D eigenvalue weighted by Crippen LogP contribution is 2.29. The Hall–Kier alpha value is -1.62. The second kappa shape index (κ2) is 5.35. The van der Waals surface area contributed by atoms with Gasteiger partial charge in [0.05, 0.1) is 35.5 Å². The Labute approximate surface area is 110 Å². The fourth-order valence-electron chi connectivity index (χ4n) is 2.14. The molecule has 18 heavy (non-hydrogen) atoms. The highest BCUT2D eigenvalue weighted by atomic mass is 35.5. The van der Waals surface area contributed by atoms with Crippen LogP contribution < -0.4 is 4.90 Å². The van der Waals surface area contributed by atoms with Crippen LogP contribution in [-0.2, 0) is 9.53 Å². The lowest BCUT2D eigenvalue weighted by Gasteiger charge is -2.19. The molecule has 2 rings (SSSR count). The van der Waals surface area contributed by atoms with Gasteiger partial charge in [0.25, 0.3) is 0 Å². The molecule has 0 amide bonds. The quantitative estimate of drug-likeness (QED) is 0.615. The minimum Gasteiger partial charge on any atom is -0.469 e. The maximum Gasteiger partial charge on any atom is 0.310 e. The summed E-state index contributed by atoms with van der Waals surface area (Å²) >= 11 is 5.92. The summed E-state index contributed by atoms with van der Waals surface area (Å²) in [5.41, 5.74) is 1.08. The number of halogens is 1. The van der Waals surface area contributed by atoms with Crippen LogP contribution in [0.2, 0.25) is 5.02 Å². The van der Waals surface area contributed by atoms with Gasteiger partial charge in [0.2, 0.25) is 0 Å². The van der Waals surface area contributed by atoms with Crippen molar-refractivity contribution in [2.75, 3.05) is 25.1 Å². The van der Waals surface area contributed by atoms with Gasteiger partial charge in [-0.05, 0) is 6.42 Å². The molecule has 1 aliphatic heterocycles. The van der Waals surface area contributed by atoms with E-state index in [-0.39, 0.29) is 11.9 Å². The first-order valence-corrected chi connectivity index (χ1v) is 5.96. The molecule has 0 aliphatic carbocycles. The summed E-state index contributed by atoms with van der Waals surface area (Å²) in [6, 6.07) is 0. The molecule has 0 radical (unpaired) electrons. The SMILES string of the molecule is COC(=O)C1CCN(c2cncc(Cl)c2C=O)C1. The lowest BCUT2D eigenvalue weighted by molar-refractivity contribution is -0.144. The molecule has 1 fully saturated rings. The smallest absolute Gasteiger partial charge is 0.310 e. The minimum atomic E-state index is -0.222. The van der Waals surface area contributed by atoms with Gasteiger partial charge < -0.3 is 9.64 Å². The number of carbonyl (C=O) groups excluding carboxylic acids is 2. The van der Waals surface area contributed by atoms with Gasteiger partial charge >= 0.3 is 5.97 Å². The molecule has 96 valence electrons. The second-order valence-corrected chi connectivity index (χ2v) is 4.53. The van der Waals surface area contributed by atoms with Crippen LogP contribution in [0.25, 0.3) is 0 Å². The fourth-order valence-corrected chi connectivity index (χ4v) is 2.34. The van der Waals surface area contributed by atoms with Gasteiger partial charge in [0.1, 0.15) is 0 Å². The molecular weight excluding hydrogens is 256 g/mol. The third-order valence-electron chi connectivity index (χ3n) is 3.10. The lowest BCUT2D eigenvalue weighted by Crippen LogP contribution is -2.24. The van der Waals surface area contributed by atoms with E-state index < -0.39 is 0 Å². The first kappa shape index (κ1) is 12.8. The van der Waals surface area contributed by atoms with Gasteiger partial charge in [-0.1, -0.05) is 11.6 Å². The Morgan fingerprint density at radius 2 is 2.39 bits per heavy atom. The Balaban J connectivity index is 2.22. The molecule has 2 heterocycles. The van der Waals surface area contributed by atoms with E-state index in [0.717, 1.165) is 0 Å². The number of anilines is 1. The van der Waals surface area contributed by atoms with Crippen LogP contribution in [0.4, 0.5) is 5.69 Å². The number of rotatable bonds is 3. The van der Waals surface area contributed by atoms with Crippen LogP contribution in [0.1, 0.15) is 16.8 Å². The molecule has 6 heteroatoms. The van der Waals surface area contributed by atoms with Crippen LogP contribution in [-0.4, -0.2) is 37.4 Å². The topological polar surface area (TPSA) is 59.5 Å². The number of hydrogen-bond acceptors (Lipinski definition) is 5. The summed E-state index contributed by atoms with van der Waals surface area (Å²) in [5, 5.41) is 0.323. The molecule has 1 aromatic heterocycles. The highest BCUT2D eigenvalue weighted by molar-refractivity contribution is 6.33. The molecule has 0 saturated carbocycles. The number of hydrogen-bond donors (Lipinski definition) is 0. The van der Waals surface area contributed by atoms with Crippen molar-refractivity contribution < 1.29 is 14.3 Å². The highest BCUT2D eigenvalue weighted by Gasteiger charge is 2.30. The average molecular weight is 269 g/mol. The largest absolute Gasteiger partial charge is 0.469 e. The normalized spacial score (nSPS) is 18.8. The van der Waals surface area contributed by atoms with E-state index >= 15 is 0 Å². The third kappa shape index (κ3) is 2.31. The van der Waals surface area contributed by atoms with Crippen molar-refractivity contribution in [1.29, 1.82) is 0 Å². The molecule has 5 nitrogen and oxygen atoms in total. The molecule has 1 atom stereocenters. The zero-order valence-corrected chi connectivity index (χ0v) is 10.7. The summed E-state index contributed by atoms with van der Waals surface area (Å²) in [6.45, 7) is 1.21. The second-order valence-electron chi connectivity index (χ2n) is 4.13. The predicted octanol–water partition coefficient (Wildman–Crippen LogP) is 1.55. The van der Waals surface area contributed by atoms with Gasteiger partial charge in [0, 0.05) is 19.3 Å². The number of esters is 1. The number of aldehydes is 1.